The summed E-state index contributed by atoms with van der Waals surface area (Å²) in [6.45, 7) is 8.67. The first kappa shape index (κ1) is 25.3. The number of aliphatic hydroxyl groups is 4. The predicted octanol–water partition coefficient (Wildman–Crippen LogP) is 1.66. The number of ketones is 1. The number of hydrogen-bond acceptors (Lipinski definition) is 9. The van der Waals surface area contributed by atoms with E-state index < -0.39 is 58.7 Å². The zero-order chi connectivity index (χ0) is 26.4. The molecular weight excluding hydrogens is 466 g/mol. The van der Waals surface area contributed by atoms with Crippen LogP contribution < -0.4 is 0 Å². The number of fused-ring (bicyclic) bond motifs is 3. The van der Waals surface area contributed by atoms with Gasteiger partial charge in [-0.05, 0) is 37.3 Å². The predicted molar refractivity (Wildman–Crippen MR) is 127 cm³/mol. The lowest BCUT2D eigenvalue weighted by molar-refractivity contribution is -0.181. The number of hydrogen-bond donors (Lipinski definition) is 4. The highest BCUT2D eigenvalue weighted by molar-refractivity contribution is 5.95. The van der Waals surface area contributed by atoms with Crippen molar-refractivity contribution in [3.8, 4) is 0 Å². The van der Waals surface area contributed by atoms with Gasteiger partial charge < -0.3 is 29.7 Å². The van der Waals surface area contributed by atoms with Crippen LogP contribution in [0.5, 0.6) is 0 Å². The van der Waals surface area contributed by atoms with Crippen molar-refractivity contribution in [1.82, 2.24) is 5.16 Å². The number of ether oxygens (including phenoxy) is 1. The summed E-state index contributed by atoms with van der Waals surface area (Å²) in [4.78, 5) is 27.1. The first-order valence-corrected chi connectivity index (χ1v) is 12.7. The summed E-state index contributed by atoms with van der Waals surface area (Å²) >= 11 is 0. The molecule has 0 radical (unpaired) electrons. The summed E-state index contributed by atoms with van der Waals surface area (Å²) in [5, 5.41) is 49.9. The molecule has 4 aliphatic rings. The third-order valence-electron chi connectivity index (χ3n) is 9.59. The lowest BCUT2D eigenvalue weighted by atomic mass is 9.63. The van der Waals surface area contributed by atoms with Crippen molar-refractivity contribution in [3.05, 3.63) is 40.3 Å². The fourth-order valence-corrected chi connectivity index (χ4v) is 7.36. The molecule has 0 aliphatic heterocycles. The van der Waals surface area contributed by atoms with Gasteiger partial charge in [0.05, 0.1) is 16.7 Å². The second-order valence-corrected chi connectivity index (χ2v) is 11.5. The van der Waals surface area contributed by atoms with Crippen LogP contribution in [0, 0.1) is 22.7 Å². The Labute approximate surface area is 209 Å². The van der Waals surface area contributed by atoms with E-state index in [9.17, 15) is 30.0 Å². The molecule has 0 aromatic carbocycles. The Kier molecular flexibility index (Phi) is 5.51. The SMILES string of the molecule is CCc1noc(CC)c1C(=O)OCC1=C[C@@H]2C(=O)[C@]3(C=C(C)[C@H](O)[C@@]3(O)[C@@H]1O)CC[C@]1(O)C2C1(C)C. The molecule has 2 bridgehead atoms. The fourth-order valence-electron chi connectivity index (χ4n) is 7.36. The Morgan fingerprint density at radius 2 is 1.86 bits per heavy atom. The number of carbonyl (C=O) groups is 2. The minimum Gasteiger partial charge on any atom is -0.457 e. The van der Waals surface area contributed by atoms with E-state index in [1.54, 1.807) is 19.1 Å². The van der Waals surface area contributed by atoms with E-state index in [1.807, 2.05) is 27.7 Å². The first-order valence-electron chi connectivity index (χ1n) is 12.7. The zero-order valence-corrected chi connectivity index (χ0v) is 21.4. The van der Waals surface area contributed by atoms with Crippen LogP contribution in [0.2, 0.25) is 0 Å². The molecule has 1 aromatic rings. The molecule has 1 spiro atoms. The van der Waals surface area contributed by atoms with Crippen LogP contribution in [0.25, 0.3) is 0 Å². The smallest absolute Gasteiger partial charge is 0.344 e. The Balaban J connectivity index is 1.55. The monoisotopic (exact) mass is 501 g/mol. The fraction of sp³-hybridized carbons (Fsp3) is 0.667. The van der Waals surface area contributed by atoms with Crippen molar-refractivity contribution in [3.63, 3.8) is 0 Å². The Bertz CT molecular complexity index is 1170. The average molecular weight is 502 g/mol. The molecule has 0 amide bonds. The summed E-state index contributed by atoms with van der Waals surface area (Å²) in [5.74, 6) is -1.89. The molecule has 2 saturated carbocycles. The minimum atomic E-state index is -2.25. The summed E-state index contributed by atoms with van der Waals surface area (Å²) in [5.41, 5.74) is -4.29. The van der Waals surface area contributed by atoms with Gasteiger partial charge in [0.1, 0.15) is 30.0 Å². The Hall–Kier alpha value is -2.33. The number of esters is 1. The topological polar surface area (TPSA) is 150 Å². The van der Waals surface area contributed by atoms with E-state index in [0.29, 0.717) is 29.9 Å². The number of allylic oxidation sites excluding steroid dienone is 1. The summed E-state index contributed by atoms with van der Waals surface area (Å²) in [6.07, 6.45) is 1.18. The molecule has 4 aliphatic carbocycles. The van der Waals surface area contributed by atoms with Gasteiger partial charge in [0.2, 0.25) is 0 Å². The lowest BCUT2D eigenvalue weighted by Gasteiger charge is -2.45. The van der Waals surface area contributed by atoms with Crippen molar-refractivity contribution in [2.75, 3.05) is 6.61 Å². The van der Waals surface area contributed by atoms with E-state index in [1.165, 1.54) is 0 Å². The summed E-state index contributed by atoms with van der Waals surface area (Å²) in [6, 6.07) is 0. The number of aryl methyl sites for hydroxylation is 2. The molecule has 9 heteroatoms. The normalized spacial score (nSPS) is 40.4. The first-order chi connectivity index (χ1) is 16.8. The second-order valence-electron chi connectivity index (χ2n) is 11.5. The van der Waals surface area contributed by atoms with Gasteiger partial charge in [-0.15, -0.1) is 0 Å². The van der Waals surface area contributed by atoms with Gasteiger partial charge in [-0.25, -0.2) is 4.79 Å². The van der Waals surface area contributed by atoms with Crippen LogP contribution in [-0.2, 0) is 22.4 Å². The van der Waals surface area contributed by atoms with Crippen LogP contribution >= 0.6 is 0 Å². The molecule has 0 saturated heterocycles. The highest BCUT2D eigenvalue weighted by Gasteiger charge is 2.79. The molecule has 2 fully saturated rings. The van der Waals surface area contributed by atoms with Gasteiger partial charge in [0.15, 0.2) is 11.5 Å². The van der Waals surface area contributed by atoms with E-state index >= 15 is 0 Å². The number of nitrogens with zero attached hydrogens (tertiary/aromatic N) is 1. The summed E-state index contributed by atoms with van der Waals surface area (Å²) in [7, 11) is 0. The molecule has 7 atom stereocenters. The van der Waals surface area contributed by atoms with Gasteiger partial charge in [-0.3, -0.25) is 4.79 Å². The van der Waals surface area contributed by atoms with Crippen molar-refractivity contribution >= 4 is 11.8 Å². The number of aromatic nitrogens is 1. The van der Waals surface area contributed by atoms with E-state index in [0.717, 1.165) is 0 Å². The second kappa shape index (κ2) is 7.84. The molecule has 4 N–H and O–H groups in total. The third kappa shape index (κ3) is 2.88. The minimum absolute atomic E-state index is 0.0854. The average Bonchev–Trinajstić information content (AvgIpc) is 3.10. The van der Waals surface area contributed by atoms with Crippen molar-refractivity contribution < 1.29 is 39.3 Å². The van der Waals surface area contributed by atoms with Gasteiger partial charge in [-0.1, -0.05) is 45.0 Å². The van der Waals surface area contributed by atoms with E-state index in [4.69, 9.17) is 9.26 Å². The maximum Gasteiger partial charge on any atom is 0.344 e. The molecule has 1 heterocycles. The number of rotatable bonds is 5. The van der Waals surface area contributed by atoms with Crippen molar-refractivity contribution in [2.24, 2.45) is 22.7 Å². The van der Waals surface area contributed by atoms with Crippen molar-refractivity contribution in [1.29, 1.82) is 0 Å². The Morgan fingerprint density at radius 3 is 2.50 bits per heavy atom. The quantitative estimate of drug-likeness (QED) is 0.349. The van der Waals surface area contributed by atoms with E-state index in [2.05, 4.69) is 5.16 Å². The molecular formula is C27H35NO8. The third-order valence-corrected chi connectivity index (χ3v) is 9.59. The molecule has 5 rings (SSSR count). The molecule has 196 valence electrons. The van der Waals surface area contributed by atoms with Crippen LogP contribution in [0.4, 0.5) is 0 Å². The van der Waals surface area contributed by atoms with Crippen LogP contribution in [0.1, 0.15) is 69.3 Å². The molecule has 36 heavy (non-hydrogen) atoms. The maximum atomic E-state index is 14.1. The van der Waals surface area contributed by atoms with Gasteiger partial charge in [0.25, 0.3) is 0 Å². The molecule has 1 aromatic heterocycles. The number of aliphatic hydroxyl groups excluding tert-OH is 2. The zero-order valence-electron chi connectivity index (χ0n) is 21.4. The van der Waals surface area contributed by atoms with Crippen LogP contribution in [0.15, 0.2) is 27.8 Å². The Morgan fingerprint density at radius 1 is 1.17 bits per heavy atom. The number of carbonyl (C=O) groups excluding carboxylic acids is 2. The van der Waals surface area contributed by atoms with Gasteiger partial charge in [-0.2, -0.15) is 0 Å². The molecule has 9 nitrogen and oxygen atoms in total. The van der Waals surface area contributed by atoms with Gasteiger partial charge >= 0.3 is 5.97 Å². The highest BCUT2D eigenvalue weighted by Crippen LogP contribution is 2.72. The largest absolute Gasteiger partial charge is 0.457 e. The maximum absolute atomic E-state index is 14.1. The number of Topliss-reactive ketones (excluding diaryl/α,β-unsaturated/α-hetero) is 1. The van der Waals surface area contributed by atoms with Crippen LogP contribution in [0.3, 0.4) is 0 Å². The lowest BCUT2D eigenvalue weighted by Crippen LogP contribution is -2.63. The van der Waals surface area contributed by atoms with Crippen LogP contribution in [-0.4, -0.2) is 67.4 Å². The summed E-state index contributed by atoms with van der Waals surface area (Å²) < 4.78 is 10.8. The molecule has 1 unspecified atom stereocenters. The van der Waals surface area contributed by atoms with Crippen molar-refractivity contribution in [2.45, 2.75) is 83.7 Å². The van der Waals surface area contributed by atoms with Gasteiger partial charge in [0, 0.05) is 23.7 Å². The standard InChI is InChI=1S/C27H35NO8/c1-6-16-18(17(7-2)36-28-16)23(32)35-12-14-10-15-19-24(4,5)26(19,33)9-8-25(22(15)31)11-13(3)20(29)27(25,34)21(14)30/h10-11,15,19-21,29-30,33-34H,6-9,12H2,1-5H3/t15-,19?,20-,21+,25+,26-,27+/m0/s1. The van der Waals surface area contributed by atoms with E-state index in [-0.39, 0.29) is 29.8 Å². The highest BCUT2D eigenvalue weighted by atomic mass is 16.5.